The number of carbonyl (C=O) groups is 3. The van der Waals surface area contributed by atoms with Gasteiger partial charge >= 0.3 is 17.9 Å². The standard InChI is InChI=1S/C42H75NO7/c1-6-8-10-12-14-16-18-20-21-23-25-27-29-31-33-41(45)50-38(36-48-35-34-39(42(46)47)43(3,4)5)37-49-40(44)32-30-28-26-24-22-19-17-15-13-11-9-7-2/h9,11,15,17,22,24,38-39H,6-8,10,12-14,16,18-21,23,25-37H2,1-5H3/p+1/b11-9+,17-15+,24-22+. The number of ether oxygens (including phenoxy) is 3. The first-order valence-electron chi connectivity index (χ1n) is 20.0. The summed E-state index contributed by atoms with van der Waals surface area (Å²) in [6.07, 6.45) is 36.2. The summed E-state index contributed by atoms with van der Waals surface area (Å²) in [5.74, 6) is -1.52. The lowest BCUT2D eigenvalue weighted by Crippen LogP contribution is -2.50. The average Bonchev–Trinajstić information content (AvgIpc) is 3.06. The molecule has 0 amide bonds. The van der Waals surface area contributed by atoms with Crippen molar-refractivity contribution in [2.24, 2.45) is 0 Å². The zero-order chi connectivity index (χ0) is 37.1. The number of allylic oxidation sites excluding steroid dienone is 6. The van der Waals surface area contributed by atoms with E-state index in [0.29, 0.717) is 19.3 Å². The van der Waals surface area contributed by atoms with Crippen molar-refractivity contribution >= 4 is 17.9 Å². The van der Waals surface area contributed by atoms with Crippen molar-refractivity contribution in [2.75, 3.05) is 41.0 Å². The predicted octanol–water partition coefficient (Wildman–Crippen LogP) is 10.3. The molecule has 0 aliphatic carbocycles. The summed E-state index contributed by atoms with van der Waals surface area (Å²) in [7, 11) is 5.51. The van der Waals surface area contributed by atoms with Crippen LogP contribution in [-0.2, 0) is 28.6 Å². The minimum atomic E-state index is -0.881. The summed E-state index contributed by atoms with van der Waals surface area (Å²) in [5, 5.41) is 9.59. The number of likely N-dealkylation sites (N-methyl/N-ethyl adjacent to an activating group) is 1. The molecule has 0 aromatic rings. The van der Waals surface area contributed by atoms with Gasteiger partial charge < -0.3 is 23.8 Å². The molecule has 0 spiro atoms. The Morgan fingerprint density at radius 1 is 0.620 bits per heavy atom. The quantitative estimate of drug-likeness (QED) is 0.0303. The van der Waals surface area contributed by atoms with E-state index in [-0.39, 0.29) is 36.2 Å². The highest BCUT2D eigenvalue weighted by molar-refractivity contribution is 5.72. The van der Waals surface area contributed by atoms with Crippen LogP contribution in [0.1, 0.15) is 162 Å². The van der Waals surface area contributed by atoms with Crippen LogP contribution in [0.5, 0.6) is 0 Å². The average molecular weight is 707 g/mol. The molecular weight excluding hydrogens is 630 g/mol. The summed E-state index contributed by atoms with van der Waals surface area (Å²) in [5.41, 5.74) is 0. The summed E-state index contributed by atoms with van der Waals surface area (Å²) in [6, 6.07) is -0.617. The maximum absolute atomic E-state index is 12.7. The highest BCUT2D eigenvalue weighted by Crippen LogP contribution is 2.14. The minimum absolute atomic E-state index is 0.0510. The van der Waals surface area contributed by atoms with Crippen molar-refractivity contribution in [1.82, 2.24) is 0 Å². The molecule has 0 aliphatic rings. The largest absolute Gasteiger partial charge is 0.477 e. The van der Waals surface area contributed by atoms with Gasteiger partial charge in [0.15, 0.2) is 12.1 Å². The van der Waals surface area contributed by atoms with E-state index in [9.17, 15) is 19.5 Å². The van der Waals surface area contributed by atoms with Crippen molar-refractivity contribution in [3.05, 3.63) is 36.5 Å². The molecule has 0 bridgehead atoms. The lowest BCUT2D eigenvalue weighted by molar-refractivity contribution is -0.887. The number of quaternary nitrogens is 1. The van der Waals surface area contributed by atoms with E-state index in [2.05, 4.69) is 50.3 Å². The van der Waals surface area contributed by atoms with Gasteiger partial charge in [0.05, 0.1) is 34.4 Å². The van der Waals surface area contributed by atoms with Crippen molar-refractivity contribution in [3.8, 4) is 0 Å². The number of carbonyl (C=O) groups excluding carboxylic acids is 2. The van der Waals surface area contributed by atoms with Crippen LogP contribution in [0.4, 0.5) is 0 Å². The Morgan fingerprint density at radius 2 is 1.12 bits per heavy atom. The highest BCUT2D eigenvalue weighted by Gasteiger charge is 2.31. The number of unbranched alkanes of at least 4 members (excludes halogenated alkanes) is 15. The molecule has 0 saturated carbocycles. The Labute approximate surface area is 306 Å². The monoisotopic (exact) mass is 707 g/mol. The maximum Gasteiger partial charge on any atom is 0.362 e. The van der Waals surface area contributed by atoms with Gasteiger partial charge in [0.2, 0.25) is 0 Å². The summed E-state index contributed by atoms with van der Waals surface area (Å²) in [6.45, 7) is 4.57. The molecule has 0 radical (unpaired) electrons. The fraction of sp³-hybridized carbons (Fsp3) is 0.786. The molecule has 0 aromatic heterocycles. The van der Waals surface area contributed by atoms with Crippen LogP contribution in [-0.4, -0.2) is 80.6 Å². The summed E-state index contributed by atoms with van der Waals surface area (Å²) >= 11 is 0. The van der Waals surface area contributed by atoms with E-state index >= 15 is 0 Å². The van der Waals surface area contributed by atoms with E-state index in [1.165, 1.54) is 70.6 Å². The number of aliphatic carboxylic acids is 1. The number of carboxylic acids is 1. The normalized spacial score (nSPS) is 13.4. The number of esters is 2. The lowest BCUT2D eigenvalue weighted by atomic mass is 10.0. The number of rotatable bonds is 35. The molecule has 8 nitrogen and oxygen atoms in total. The number of hydrogen-bond donors (Lipinski definition) is 1. The zero-order valence-electron chi connectivity index (χ0n) is 32.8. The molecule has 2 atom stereocenters. The van der Waals surface area contributed by atoms with E-state index in [1.807, 2.05) is 21.1 Å². The zero-order valence-corrected chi connectivity index (χ0v) is 32.8. The Morgan fingerprint density at radius 3 is 1.66 bits per heavy atom. The van der Waals surface area contributed by atoms with Crippen molar-refractivity contribution < 1.29 is 38.2 Å². The molecule has 50 heavy (non-hydrogen) atoms. The van der Waals surface area contributed by atoms with Crippen LogP contribution in [0.25, 0.3) is 0 Å². The minimum Gasteiger partial charge on any atom is -0.477 e. The first kappa shape index (κ1) is 47.5. The van der Waals surface area contributed by atoms with Gasteiger partial charge in [0.25, 0.3) is 0 Å². The second kappa shape index (κ2) is 33.7. The Bertz CT molecular complexity index is 922. The molecule has 0 saturated heterocycles. The van der Waals surface area contributed by atoms with Gasteiger partial charge in [-0.05, 0) is 44.9 Å². The molecule has 2 unspecified atom stereocenters. The van der Waals surface area contributed by atoms with E-state index in [0.717, 1.165) is 57.8 Å². The van der Waals surface area contributed by atoms with Gasteiger partial charge in [0, 0.05) is 19.3 Å². The fourth-order valence-electron chi connectivity index (χ4n) is 5.69. The van der Waals surface area contributed by atoms with Crippen LogP contribution >= 0.6 is 0 Å². The molecular formula is C42H76NO7+. The molecule has 290 valence electrons. The topological polar surface area (TPSA) is 99.1 Å². The van der Waals surface area contributed by atoms with E-state index < -0.39 is 18.1 Å². The van der Waals surface area contributed by atoms with Crippen LogP contribution in [0.3, 0.4) is 0 Å². The SMILES string of the molecule is CC/C=C/C/C=C/C/C=C/CCCCC(=O)OCC(COCCC(C(=O)O)[N+](C)(C)C)OC(=O)CCCCCCCCCCCCCCCC. The Kier molecular flexibility index (Phi) is 32.0. The molecule has 0 heterocycles. The summed E-state index contributed by atoms with van der Waals surface area (Å²) in [4.78, 5) is 36.8. The van der Waals surface area contributed by atoms with Crippen LogP contribution < -0.4 is 0 Å². The molecule has 0 aromatic carbocycles. The van der Waals surface area contributed by atoms with Crippen molar-refractivity contribution in [2.45, 2.75) is 174 Å². The molecule has 1 N–H and O–H groups in total. The van der Waals surface area contributed by atoms with Crippen LogP contribution in [0, 0.1) is 0 Å². The molecule has 0 rings (SSSR count). The predicted molar refractivity (Wildman–Crippen MR) is 206 cm³/mol. The smallest absolute Gasteiger partial charge is 0.362 e. The van der Waals surface area contributed by atoms with Gasteiger partial charge in [0.1, 0.15) is 6.61 Å². The van der Waals surface area contributed by atoms with Crippen LogP contribution in [0.2, 0.25) is 0 Å². The number of carboxylic acid groups (broad SMARTS) is 1. The molecule has 8 heteroatoms. The Hall–Kier alpha value is -2.45. The van der Waals surface area contributed by atoms with Crippen molar-refractivity contribution in [3.63, 3.8) is 0 Å². The first-order valence-corrected chi connectivity index (χ1v) is 20.0. The lowest BCUT2D eigenvalue weighted by Gasteiger charge is -2.31. The second-order valence-electron chi connectivity index (χ2n) is 14.5. The van der Waals surface area contributed by atoms with Gasteiger partial charge in [-0.1, -0.05) is 134 Å². The molecule has 0 aliphatic heterocycles. The van der Waals surface area contributed by atoms with Gasteiger partial charge in [-0.3, -0.25) is 9.59 Å². The third-order valence-electron chi connectivity index (χ3n) is 8.80. The highest BCUT2D eigenvalue weighted by atomic mass is 16.6. The fourth-order valence-corrected chi connectivity index (χ4v) is 5.69. The number of nitrogens with zero attached hydrogens (tertiary/aromatic N) is 1. The third-order valence-corrected chi connectivity index (χ3v) is 8.80. The second-order valence-corrected chi connectivity index (χ2v) is 14.5. The van der Waals surface area contributed by atoms with E-state index in [4.69, 9.17) is 14.2 Å². The van der Waals surface area contributed by atoms with E-state index in [1.54, 1.807) is 0 Å². The van der Waals surface area contributed by atoms with Gasteiger partial charge in [-0.2, -0.15) is 0 Å². The Balaban J connectivity index is 4.44. The van der Waals surface area contributed by atoms with Crippen molar-refractivity contribution in [1.29, 1.82) is 0 Å². The van der Waals surface area contributed by atoms with Gasteiger partial charge in [-0.15, -0.1) is 0 Å². The van der Waals surface area contributed by atoms with Gasteiger partial charge in [-0.25, -0.2) is 4.79 Å². The maximum atomic E-state index is 12.7. The first-order chi connectivity index (χ1) is 24.1. The van der Waals surface area contributed by atoms with Crippen LogP contribution in [0.15, 0.2) is 36.5 Å². The number of hydrogen-bond acceptors (Lipinski definition) is 6. The summed E-state index contributed by atoms with van der Waals surface area (Å²) < 4.78 is 17.2. The molecule has 0 fully saturated rings. The third kappa shape index (κ3) is 31.5.